The highest BCUT2D eigenvalue weighted by molar-refractivity contribution is 6.20. The summed E-state index contributed by atoms with van der Waals surface area (Å²) < 4.78 is 0. The number of carbonyl (C=O) groups excluding carboxylic acids is 2. The average molecular weight is 340 g/mol. The molecule has 5 rings (SSSR count). The molecular formula is C22H12O4. The predicted molar refractivity (Wildman–Crippen MR) is 98.4 cm³/mol. The Labute approximate surface area is 147 Å². The zero-order valence-corrected chi connectivity index (χ0v) is 13.5. The Hall–Kier alpha value is -3.66. The van der Waals surface area contributed by atoms with Crippen molar-refractivity contribution in [1.29, 1.82) is 0 Å². The van der Waals surface area contributed by atoms with Crippen LogP contribution in [0.5, 0.6) is 5.75 Å². The molecule has 0 amide bonds. The van der Waals surface area contributed by atoms with E-state index in [1.807, 2.05) is 24.3 Å². The predicted octanol–water partition coefficient (Wildman–Crippen LogP) is 2.18. The normalized spacial score (nSPS) is 14.7. The lowest BCUT2D eigenvalue weighted by Gasteiger charge is -2.15. The highest BCUT2D eigenvalue weighted by Crippen LogP contribution is 2.27. The lowest BCUT2D eigenvalue weighted by atomic mass is 9.87. The number of phenolic OH excluding ortho intramolecular Hbond substituents is 1. The molecule has 2 aliphatic rings. The molecule has 0 fully saturated rings. The van der Waals surface area contributed by atoms with Gasteiger partial charge in [-0.15, -0.1) is 0 Å². The van der Waals surface area contributed by atoms with E-state index in [-0.39, 0.29) is 17.3 Å². The van der Waals surface area contributed by atoms with Crippen molar-refractivity contribution in [2.75, 3.05) is 0 Å². The minimum Gasteiger partial charge on any atom is -0.508 e. The van der Waals surface area contributed by atoms with Crippen LogP contribution in [-0.4, -0.2) is 21.8 Å². The first-order valence-electron chi connectivity index (χ1n) is 8.13. The smallest absolute Gasteiger partial charge is 0.220 e. The highest BCUT2D eigenvalue weighted by Gasteiger charge is 2.21. The molecule has 0 heterocycles. The summed E-state index contributed by atoms with van der Waals surface area (Å²) in [4.78, 5) is 24.7. The minimum absolute atomic E-state index is 0.120. The maximum Gasteiger partial charge on any atom is 0.220 e. The largest absolute Gasteiger partial charge is 0.508 e. The Morgan fingerprint density at radius 2 is 1.50 bits per heavy atom. The first-order chi connectivity index (χ1) is 12.5. The number of aliphatic hydroxyl groups excluding tert-OH is 1. The van der Waals surface area contributed by atoms with Gasteiger partial charge in [0.1, 0.15) is 5.75 Å². The fraction of sp³-hybridized carbons (Fsp3) is 0. The van der Waals surface area contributed by atoms with E-state index < -0.39 is 5.78 Å². The van der Waals surface area contributed by atoms with Crippen molar-refractivity contribution in [2.24, 2.45) is 0 Å². The molecule has 0 atom stereocenters. The number of aromatic hydroxyl groups is 1. The first kappa shape index (κ1) is 14.7. The van der Waals surface area contributed by atoms with Crippen LogP contribution in [-0.2, 0) is 4.79 Å². The second-order valence-electron chi connectivity index (χ2n) is 6.55. The highest BCUT2D eigenvalue weighted by atomic mass is 16.3. The van der Waals surface area contributed by atoms with Crippen LogP contribution in [0.15, 0.2) is 48.2 Å². The Morgan fingerprint density at radius 3 is 2.35 bits per heavy atom. The van der Waals surface area contributed by atoms with Crippen molar-refractivity contribution in [2.45, 2.75) is 0 Å². The van der Waals surface area contributed by atoms with Gasteiger partial charge in [0.15, 0.2) is 11.5 Å². The molecule has 3 aromatic carbocycles. The van der Waals surface area contributed by atoms with E-state index in [9.17, 15) is 19.8 Å². The van der Waals surface area contributed by atoms with Gasteiger partial charge in [-0.2, -0.15) is 0 Å². The number of allylic oxidation sites excluding steroid dienone is 1. The van der Waals surface area contributed by atoms with Crippen molar-refractivity contribution < 1.29 is 19.8 Å². The monoisotopic (exact) mass is 340 g/mol. The van der Waals surface area contributed by atoms with Crippen molar-refractivity contribution in [1.82, 2.24) is 0 Å². The van der Waals surface area contributed by atoms with Crippen molar-refractivity contribution in [3.05, 3.63) is 80.9 Å². The zero-order chi connectivity index (χ0) is 18.0. The van der Waals surface area contributed by atoms with Crippen molar-refractivity contribution in [3.8, 4) is 5.75 Å². The van der Waals surface area contributed by atoms with E-state index in [0.717, 1.165) is 21.6 Å². The van der Waals surface area contributed by atoms with Gasteiger partial charge < -0.3 is 10.2 Å². The summed E-state index contributed by atoms with van der Waals surface area (Å²) in [6.45, 7) is 0. The van der Waals surface area contributed by atoms with Gasteiger partial charge in [0, 0.05) is 11.1 Å². The average Bonchev–Trinajstić information content (AvgIpc) is 2.61. The number of aliphatic hydroxyl groups is 1. The van der Waals surface area contributed by atoms with Gasteiger partial charge in [-0.1, -0.05) is 6.07 Å². The summed E-state index contributed by atoms with van der Waals surface area (Å²) in [6.07, 6.45) is 4.70. The molecular weight excluding hydrogens is 328 g/mol. The second kappa shape index (κ2) is 4.92. The molecule has 2 N–H and O–H groups in total. The van der Waals surface area contributed by atoms with E-state index >= 15 is 0 Å². The van der Waals surface area contributed by atoms with Crippen molar-refractivity contribution in [3.63, 3.8) is 0 Å². The Morgan fingerprint density at radius 1 is 0.654 bits per heavy atom. The number of benzene rings is 3. The number of rotatable bonds is 0. The topological polar surface area (TPSA) is 74.6 Å². The molecule has 124 valence electrons. The zero-order valence-electron chi connectivity index (χ0n) is 13.5. The van der Waals surface area contributed by atoms with Crippen LogP contribution in [0.2, 0.25) is 0 Å². The molecule has 0 bridgehead atoms. The molecule has 2 aliphatic carbocycles. The van der Waals surface area contributed by atoms with E-state index in [1.54, 1.807) is 24.3 Å². The number of hydrogen-bond donors (Lipinski definition) is 2. The van der Waals surface area contributed by atoms with E-state index in [1.165, 1.54) is 12.2 Å². The molecule has 0 saturated carbocycles. The first-order valence-corrected chi connectivity index (χ1v) is 8.13. The third-order valence-electron chi connectivity index (χ3n) is 4.88. The lowest BCUT2D eigenvalue weighted by molar-refractivity contribution is -0.112. The molecule has 0 aliphatic heterocycles. The number of carbonyl (C=O) groups is 2. The summed E-state index contributed by atoms with van der Waals surface area (Å²) in [5, 5.41) is 22.4. The third-order valence-corrected chi connectivity index (χ3v) is 4.88. The van der Waals surface area contributed by atoms with Gasteiger partial charge in [0.2, 0.25) is 5.78 Å². The molecule has 0 aromatic heterocycles. The van der Waals surface area contributed by atoms with Crippen LogP contribution >= 0.6 is 0 Å². The van der Waals surface area contributed by atoms with Crippen molar-refractivity contribution >= 4 is 40.6 Å². The number of Topliss-reactive ketones (excluding diaryl/α,β-unsaturated/α-hetero) is 1. The minimum atomic E-state index is -0.466. The van der Waals surface area contributed by atoms with Crippen LogP contribution in [0.3, 0.4) is 0 Å². The van der Waals surface area contributed by atoms with Gasteiger partial charge in [0.05, 0.1) is 0 Å². The van der Waals surface area contributed by atoms with E-state index in [0.29, 0.717) is 21.9 Å². The van der Waals surface area contributed by atoms with E-state index in [4.69, 9.17) is 0 Å². The molecule has 0 unspecified atom stereocenters. The van der Waals surface area contributed by atoms with Gasteiger partial charge >= 0.3 is 0 Å². The van der Waals surface area contributed by atoms with Crippen LogP contribution < -0.4 is 10.4 Å². The van der Waals surface area contributed by atoms with Crippen LogP contribution in [0.25, 0.3) is 29.0 Å². The molecule has 0 radical (unpaired) electrons. The summed E-state index contributed by atoms with van der Waals surface area (Å²) in [6, 6.07) is 12.3. The maximum atomic E-state index is 13.0. The standard InChI is InChI=1S/C22H12O4/c23-17-2-1-11-3-15-5-16-4-12-9-20(24)21(25)10-14(12)8-19(16)22(26)18(15)7-13(11)6-17/h1-10,23-24H. The Bertz CT molecular complexity index is 1330. The van der Waals surface area contributed by atoms with Gasteiger partial charge in [-0.3, -0.25) is 9.59 Å². The Kier molecular flexibility index (Phi) is 2.78. The number of fused-ring (bicyclic) bond motifs is 4. The molecule has 26 heavy (non-hydrogen) atoms. The maximum absolute atomic E-state index is 13.0. The van der Waals surface area contributed by atoms with E-state index in [2.05, 4.69) is 0 Å². The number of hydrogen-bond acceptors (Lipinski definition) is 4. The summed E-state index contributed by atoms with van der Waals surface area (Å²) in [5.41, 5.74) is 2.61. The third kappa shape index (κ3) is 2.02. The number of ketones is 2. The van der Waals surface area contributed by atoms with Gasteiger partial charge in [-0.25, -0.2) is 0 Å². The van der Waals surface area contributed by atoms with Crippen LogP contribution in [0.1, 0.15) is 27.0 Å². The quantitative estimate of drug-likeness (QED) is 0.515. The molecule has 0 saturated heterocycles. The SMILES string of the molecule is O=C1C=c2cc3c(cc2C=C1O)=Cc1cc2ccc(O)cc2cc1C3=O. The van der Waals surface area contributed by atoms with Gasteiger partial charge in [0.25, 0.3) is 0 Å². The summed E-state index contributed by atoms with van der Waals surface area (Å²) in [5.74, 6) is -0.735. The fourth-order valence-electron chi connectivity index (χ4n) is 3.58. The Balaban J connectivity index is 1.82. The van der Waals surface area contributed by atoms with Gasteiger partial charge in [-0.05, 0) is 87.0 Å². The molecule has 3 aromatic rings. The lowest BCUT2D eigenvalue weighted by Crippen LogP contribution is -2.28. The molecule has 4 heteroatoms. The second-order valence-corrected chi connectivity index (χ2v) is 6.55. The fourth-order valence-corrected chi connectivity index (χ4v) is 3.58. The molecule has 4 nitrogen and oxygen atoms in total. The summed E-state index contributed by atoms with van der Waals surface area (Å²) >= 11 is 0. The van der Waals surface area contributed by atoms with Crippen LogP contribution in [0.4, 0.5) is 0 Å². The number of phenols is 1. The van der Waals surface area contributed by atoms with Crippen LogP contribution in [0, 0.1) is 0 Å². The molecule has 0 spiro atoms. The summed E-state index contributed by atoms with van der Waals surface area (Å²) in [7, 11) is 0.